The number of anilines is 1. The number of nitrogens with one attached hydrogen (secondary N) is 1. The second kappa shape index (κ2) is 2.34. The molecule has 4 heteroatoms. The van der Waals surface area contributed by atoms with Crippen molar-refractivity contribution in [1.29, 1.82) is 0 Å². The summed E-state index contributed by atoms with van der Waals surface area (Å²) in [5.74, 6) is -0.0148. The summed E-state index contributed by atoms with van der Waals surface area (Å²) in [6.07, 6.45) is 0. The van der Waals surface area contributed by atoms with Crippen LogP contribution < -0.4 is 10.9 Å². The summed E-state index contributed by atoms with van der Waals surface area (Å²) in [7, 11) is 0. The summed E-state index contributed by atoms with van der Waals surface area (Å²) in [5, 5.41) is 10.5. The number of phenolic OH excluding ortho intramolecular Hbond substituents is 1. The second-order valence-electron chi connectivity index (χ2n) is 1.88. The Labute approximate surface area is 57.3 Å². The summed E-state index contributed by atoms with van der Waals surface area (Å²) < 4.78 is 0. The second-order valence-corrected chi connectivity index (χ2v) is 1.88. The van der Waals surface area contributed by atoms with Gasteiger partial charge in [-0.3, -0.25) is 0 Å². The number of rotatable bonds is 1. The van der Waals surface area contributed by atoms with E-state index in [4.69, 9.17) is 10.8 Å². The molecule has 0 aromatic heterocycles. The van der Waals surface area contributed by atoms with E-state index in [2.05, 4.69) is 0 Å². The lowest BCUT2D eigenvalue weighted by Gasteiger charge is -1.93. The molecule has 4 N–H and O–H groups in total. The zero-order valence-corrected chi connectivity index (χ0v) is 5.16. The summed E-state index contributed by atoms with van der Waals surface area (Å²) in [5.41, 5.74) is 5.81. The third kappa shape index (κ3) is 1.05. The first-order chi connectivity index (χ1) is 4.74. The number of aromatic hydroxyl groups is 1. The first-order valence-electron chi connectivity index (χ1n) is 2.70. The monoisotopic (exact) mass is 139 g/mol. The van der Waals surface area contributed by atoms with Crippen molar-refractivity contribution >= 4 is 11.4 Å². The average Bonchev–Trinajstić information content (AvgIpc) is 1.95. The molecule has 1 rings (SSSR count). The summed E-state index contributed by atoms with van der Waals surface area (Å²) in [6.45, 7) is 0. The van der Waals surface area contributed by atoms with E-state index in [1.807, 2.05) is 0 Å². The number of nitrogens with two attached hydrogens (primary N) is 1. The SMILES string of the molecule is Nc1cc([NH+]=O)ccc1O. The minimum Gasteiger partial charge on any atom is -0.506 e. The molecule has 0 unspecified atom stereocenters. The molecule has 0 fully saturated rings. The zero-order chi connectivity index (χ0) is 7.56. The van der Waals surface area contributed by atoms with Gasteiger partial charge in [0.15, 0.2) is 0 Å². The molecular formula is C6H7N2O2+. The molecule has 0 aliphatic rings. The van der Waals surface area contributed by atoms with Gasteiger partial charge >= 0.3 is 0 Å². The van der Waals surface area contributed by atoms with Crippen molar-refractivity contribution in [3.63, 3.8) is 0 Å². The molecule has 0 aliphatic heterocycles. The van der Waals surface area contributed by atoms with Crippen molar-refractivity contribution < 1.29 is 10.3 Å². The van der Waals surface area contributed by atoms with Gasteiger partial charge in [-0.1, -0.05) is 0 Å². The molecule has 1 aromatic rings. The lowest BCUT2D eigenvalue weighted by molar-refractivity contribution is -0.379. The van der Waals surface area contributed by atoms with Crippen LogP contribution >= 0.6 is 0 Å². The van der Waals surface area contributed by atoms with Crippen molar-refractivity contribution in [2.45, 2.75) is 0 Å². The molecule has 1 aromatic carbocycles. The Bertz CT molecular complexity index is 260. The molecule has 0 heterocycles. The fourth-order valence-corrected chi connectivity index (χ4v) is 0.618. The van der Waals surface area contributed by atoms with Gasteiger partial charge in [0.25, 0.3) is 5.69 Å². The fourth-order valence-electron chi connectivity index (χ4n) is 0.618. The van der Waals surface area contributed by atoms with Gasteiger partial charge in [-0.2, -0.15) is 0 Å². The van der Waals surface area contributed by atoms with Gasteiger partial charge < -0.3 is 10.8 Å². The Morgan fingerprint density at radius 3 is 2.70 bits per heavy atom. The number of phenols is 1. The van der Waals surface area contributed by atoms with Gasteiger partial charge in [-0.05, 0) is 6.07 Å². The van der Waals surface area contributed by atoms with Gasteiger partial charge in [0.2, 0.25) is 0 Å². The standard InChI is InChI=1S/C6H6N2O2/c7-5-3-4(8-10)1-2-6(5)9/h1-3,9H,7H2/p+1. The molecule has 0 saturated carbocycles. The highest BCUT2D eigenvalue weighted by molar-refractivity contribution is 5.56. The van der Waals surface area contributed by atoms with E-state index >= 15 is 0 Å². The maximum atomic E-state index is 10.0. The molecule has 0 amide bonds. The summed E-state index contributed by atoms with van der Waals surface area (Å²) in [6, 6.07) is 4.16. The largest absolute Gasteiger partial charge is 0.506 e. The van der Waals surface area contributed by atoms with Crippen LogP contribution in [0.25, 0.3) is 0 Å². The molecule has 0 atom stereocenters. The minimum absolute atomic E-state index is 0.0148. The zero-order valence-electron chi connectivity index (χ0n) is 5.16. The minimum atomic E-state index is -0.0148. The van der Waals surface area contributed by atoms with Crippen LogP contribution in [0.3, 0.4) is 0 Å². The molecule has 0 saturated heterocycles. The van der Waals surface area contributed by atoms with E-state index < -0.39 is 0 Å². The molecule has 52 valence electrons. The number of nitrogen functional groups attached to an aromatic ring is 1. The number of nitroso groups, excluding NO2 is 1. The quantitative estimate of drug-likeness (QED) is 0.277. The van der Waals surface area contributed by atoms with Crippen molar-refractivity contribution in [1.82, 2.24) is 0 Å². The van der Waals surface area contributed by atoms with Gasteiger partial charge in [-0.25, -0.2) is 0 Å². The van der Waals surface area contributed by atoms with Crippen LogP contribution in [0.4, 0.5) is 11.4 Å². The van der Waals surface area contributed by atoms with Crippen LogP contribution in [-0.4, -0.2) is 5.11 Å². The van der Waals surface area contributed by atoms with Gasteiger partial charge in [0, 0.05) is 22.2 Å². The molecule has 10 heavy (non-hydrogen) atoms. The van der Waals surface area contributed by atoms with Crippen LogP contribution in [0.1, 0.15) is 0 Å². The van der Waals surface area contributed by atoms with E-state index in [9.17, 15) is 4.91 Å². The van der Waals surface area contributed by atoms with Crippen molar-refractivity contribution in [2.75, 3.05) is 5.73 Å². The van der Waals surface area contributed by atoms with Crippen molar-refractivity contribution in [2.24, 2.45) is 0 Å². The Balaban J connectivity index is 3.16. The third-order valence-electron chi connectivity index (χ3n) is 1.15. The highest BCUT2D eigenvalue weighted by Gasteiger charge is 2.01. The van der Waals surface area contributed by atoms with E-state index in [0.29, 0.717) is 5.69 Å². The first-order valence-corrected chi connectivity index (χ1v) is 2.70. The van der Waals surface area contributed by atoms with E-state index in [1.165, 1.54) is 18.2 Å². The summed E-state index contributed by atoms with van der Waals surface area (Å²) >= 11 is 0. The maximum Gasteiger partial charge on any atom is 0.255 e. The lowest BCUT2D eigenvalue weighted by Crippen LogP contribution is -2.55. The number of hydrogen-bond donors (Lipinski definition) is 3. The maximum absolute atomic E-state index is 10.0. The van der Waals surface area contributed by atoms with Gasteiger partial charge in [-0.15, -0.1) is 0 Å². The predicted molar refractivity (Wildman–Crippen MR) is 36.5 cm³/mol. The molecule has 0 aliphatic carbocycles. The number of benzene rings is 1. The molecule has 0 radical (unpaired) electrons. The Morgan fingerprint density at radius 2 is 2.20 bits per heavy atom. The Kier molecular flexibility index (Phi) is 1.53. The molecule has 0 bridgehead atoms. The lowest BCUT2D eigenvalue weighted by atomic mass is 10.3. The van der Waals surface area contributed by atoms with Crippen molar-refractivity contribution in [3.8, 4) is 5.75 Å². The molecular weight excluding hydrogens is 132 g/mol. The van der Waals surface area contributed by atoms with Gasteiger partial charge in [0.1, 0.15) is 5.75 Å². The van der Waals surface area contributed by atoms with E-state index in [-0.39, 0.29) is 11.4 Å². The topological polar surface area (TPSA) is 77.3 Å². The van der Waals surface area contributed by atoms with Gasteiger partial charge in [0.05, 0.1) is 5.69 Å². The Morgan fingerprint density at radius 1 is 1.50 bits per heavy atom. The van der Waals surface area contributed by atoms with Crippen LogP contribution in [-0.2, 0) is 0 Å². The first kappa shape index (κ1) is 6.54. The normalized spacial score (nSPS) is 9.20. The average molecular weight is 139 g/mol. The summed E-state index contributed by atoms with van der Waals surface area (Å²) in [4.78, 5) is 10.0. The van der Waals surface area contributed by atoms with Crippen LogP contribution in [0.5, 0.6) is 5.75 Å². The smallest absolute Gasteiger partial charge is 0.255 e. The molecule has 4 nitrogen and oxygen atoms in total. The Hall–Kier alpha value is -1.58. The van der Waals surface area contributed by atoms with Crippen LogP contribution in [0.2, 0.25) is 0 Å². The van der Waals surface area contributed by atoms with Crippen LogP contribution in [0.15, 0.2) is 18.2 Å². The highest BCUT2D eigenvalue weighted by Crippen LogP contribution is 2.20. The molecule has 0 spiro atoms. The van der Waals surface area contributed by atoms with E-state index in [0.717, 1.165) is 0 Å². The predicted octanol–water partition coefficient (Wildman–Crippen LogP) is -0.547. The highest BCUT2D eigenvalue weighted by atomic mass is 16.3. The fraction of sp³-hybridized carbons (Fsp3) is 0. The number of hydrogen-bond acceptors (Lipinski definition) is 3. The van der Waals surface area contributed by atoms with Crippen LogP contribution in [0, 0.1) is 4.91 Å². The van der Waals surface area contributed by atoms with E-state index in [1.54, 1.807) is 5.18 Å². The van der Waals surface area contributed by atoms with Crippen molar-refractivity contribution in [3.05, 3.63) is 23.1 Å². The third-order valence-corrected chi connectivity index (χ3v) is 1.15.